The molecule has 2 heteroatoms. The van der Waals surface area contributed by atoms with Gasteiger partial charge in [0.25, 0.3) is 0 Å². The molecule has 0 spiro atoms. The molecule has 1 aliphatic carbocycles. The molecule has 232 valence electrons. The molecule has 0 N–H and O–H groups in total. The minimum atomic E-state index is -0.108. The summed E-state index contributed by atoms with van der Waals surface area (Å²) in [6.07, 6.45) is 0. The van der Waals surface area contributed by atoms with Crippen LogP contribution in [0.15, 0.2) is 168 Å². The molecule has 1 aromatic heterocycles. The van der Waals surface area contributed by atoms with E-state index >= 15 is 0 Å². The highest BCUT2D eigenvalue weighted by atomic mass is 16.3. The number of hydrogen-bond acceptors (Lipinski definition) is 2. The molecule has 0 saturated heterocycles. The van der Waals surface area contributed by atoms with Crippen LogP contribution in [-0.4, -0.2) is 0 Å². The van der Waals surface area contributed by atoms with E-state index < -0.39 is 0 Å². The highest BCUT2D eigenvalue weighted by Gasteiger charge is 2.36. The Balaban J connectivity index is 1.26. The number of fused-ring (bicyclic) bond motifs is 8. The van der Waals surface area contributed by atoms with Gasteiger partial charge in [0, 0.05) is 33.1 Å². The van der Waals surface area contributed by atoms with Crippen LogP contribution in [-0.2, 0) is 5.41 Å². The maximum atomic E-state index is 7.19. The standard InChI is InChI=1S/C47H33NO/c1-47(2)41-24-11-10-21-36(41)37-27-26-33(29-42(37)47)48(32-17-4-3-5-18-32)43-25-13-23-39-40-28-31-15-7-9-20-35(31)44(46(40)49-45(39)43)38-22-12-16-30-14-6-8-19-34(30)38/h3-29H,1-2H3. The third kappa shape index (κ3) is 4.07. The average molecular weight is 628 g/mol. The molecule has 10 rings (SSSR count). The van der Waals surface area contributed by atoms with Crippen molar-refractivity contribution in [1.29, 1.82) is 0 Å². The Morgan fingerprint density at radius 3 is 1.96 bits per heavy atom. The van der Waals surface area contributed by atoms with Crippen molar-refractivity contribution in [2.75, 3.05) is 4.90 Å². The highest BCUT2D eigenvalue weighted by Crippen LogP contribution is 2.52. The monoisotopic (exact) mass is 627 g/mol. The fraction of sp³-hybridized carbons (Fsp3) is 0.0638. The Hall–Kier alpha value is -6.12. The summed E-state index contributed by atoms with van der Waals surface area (Å²) in [7, 11) is 0. The summed E-state index contributed by atoms with van der Waals surface area (Å²) >= 11 is 0. The molecular weight excluding hydrogens is 595 g/mol. The van der Waals surface area contributed by atoms with E-state index in [-0.39, 0.29) is 5.41 Å². The van der Waals surface area contributed by atoms with Gasteiger partial charge < -0.3 is 9.32 Å². The van der Waals surface area contributed by atoms with Crippen molar-refractivity contribution >= 4 is 60.5 Å². The fourth-order valence-electron chi connectivity index (χ4n) is 8.30. The molecule has 8 aromatic carbocycles. The van der Waals surface area contributed by atoms with Crippen molar-refractivity contribution in [2.24, 2.45) is 0 Å². The molecular formula is C47H33NO. The molecule has 1 aliphatic rings. The Labute approximate surface area is 285 Å². The summed E-state index contributed by atoms with van der Waals surface area (Å²) in [5.41, 5.74) is 12.6. The molecule has 0 aliphatic heterocycles. The highest BCUT2D eigenvalue weighted by molar-refractivity contribution is 6.22. The van der Waals surface area contributed by atoms with Crippen LogP contribution in [0.2, 0.25) is 0 Å². The second kappa shape index (κ2) is 10.4. The number of furan rings is 1. The number of benzene rings is 8. The van der Waals surface area contributed by atoms with Gasteiger partial charge in [0.15, 0.2) is 5.58 Å². The minimum Gasteiger partial charge on any atom is -0.453 e. The van der Waals surface area contributed by atoms with E-state index in [1.165, 1.54) is 49.4 Å². The smallest absolute Gasteiger partial charge is 0.159 e. The van der Waals surface area contributed by atoms with Gasteiger partial charge in [-0.1, -0.05) is 141 Å². The predicted molar refractivity (Wildman–Crippen MR) is 206 cm³/mol. The lowest BCUT2D eigenvalue weighted by Crippen LogP contribution is -2.16. The van der Waals surface area contributed by atoms with E-state index in [1.807, 2.05) is 0 Å². The van der Waals surface area contributed by atoms with Gasteiger partial charge >= 0.3 is 0 Å². The first-order valence-electron chi connectivity index (χ1n) is 17.0. The Morgan fingerprint density at radius 1 is 0.429 bits per heavy atom. The minimum absolute atomic E-state index is 0.108. The first-order valence-corrected chi connectivity index (χ1v) is 17.0. The second-order valence-electron chi connectivity index (χ2n) is 13.7. The normalized spacial score (nSPS) is 13.3. The first-order chi connectivity index (χ1) is 24.1. The van der Waals surface area contributed by atoms with E-state index in [2.05, 4.69) is 183 Å². The third-order valence-electron chi connectivity index (χ3n) is 10.6. The van der Waals surface area contributed by atoms with Gasteiger partial charge in [0.05, 0.1) is 5.69 Å². The van der Waals surface area contributed by atoms with Crippen LogP contribution in [0.4, 0.5) is 17.1 Å². The van der Waals surface area contributed by atoms with Gasteiger partial charge in [0.2, 0.25) is 0 Å². The summed E-state index contributed by atoms with van der Waals surface area (Å²) in [6, 6.07) is 59.2. The van der Waals surface area contributed by atoms with Crippen molar-refractivity contribution in [3.63, 3.8) is 0 Å². The van der Waals surface area contributed by atoms with Crippen LogP contribution in [0.5, 0.6) is 0 Å². The van der Waals surface area contributed by atoms with Crippen LogP contribution < -0.4 is 4.90 Å². The molecule has 1 heterocycles. The average Bonchev–Trinajstić information content (AvgIpc) is 3.63. The largest absolute Gasteiger partial charge is 0.453 e. The lowest BCUT2D eigenvalue weighted by Gasteiger charge is -2.28. The number of hydrogen-bond donors (Lipinski definition) is 0. The van der Waals surface area contributed by atoms with E-state index in [4.69, 9.17) is 4.42 Å². The van der Waals surface area contributed by atoms with Gasteiger partial charge in [-0.3, -0.25) is 0 Å². The van der Waals surface area contributed by atoms with Gasteiger partial charge in [0.1, 0.15) is 5.58 Å². The maximum absolute atomic E-state index is 7.19. The number of rotatable bonds is 4. The summed E-state index contributed by atoms with van der Waals surface area (Å²) in [5, 5.41) is 7.05. The second-order valence-corrected chi connectivity index (χ2v) is 13.7. The Kier molecular flexibility index (Phi) is 5.95. The van der Waals surface area contributed by atoms with E-state index in [0.29, 0.717) is 0 Å². The Morgan fingerprint density at radius 2 is 1.08 bits per heavy atom. The van der Waals surface area contributed by atoms with E-state index in [0.717, 1.165) is 44.6 Å². The van der Waals surface area contributed by atoms with Crippen molar-refractivity contribution in [3.05, 3.63) is 175 Å². The van der Waals surface area contributed by atoms with E-state index in [9.17, 15) is 0 Å². The van der Waals surface area contributed by atoms with Crippen molar-refractivity contribution in [1.82, 2.24) is 0 Å². The molecule has 49 heavy (non-hydrogen) atoms. The summed E-state index contributed by atoms with van der Waals surface area (Å²) in [6.45, 7) is 4.68. The summed E-state index contributed by atoms with van der Waals surface area (Å²) in [4.78, 5) is 2.36. The molecule has 0 bridgehead atoms. The van der Waals surface area contributed by atoms with Gasteiger partial charge in [-0.2, -0.15) is 0 Å². The molecule has 0 radical (unpaired) electrons. The zero-order valence-electron chi connectivity index (χ0n) is 27.4. The number of nitrogens with zero attached hydrogens (tertiary/aromatic N) is 1. The van der Waals surface area contributed by atoms with Gasteiger partial charge in [-0.15, -0.1) is 0 Å². The van der Waals surface area contributed by atoms with E-state index in [1.54, 1.807) is 0 Å². The summed E-state index contributed by atoms with van der Waals surface area (Å²) in [5.74, 6) is 0. The molecule has 9 aromatic rings. The third-order valence-corrected chi connectivity index (χ3v) is 10.6. The van der Waals surface area contributed by atoms with Crippen molar-refractivity contribution in [2.45, 2.75) is 19.3 Å². The predicted octanol–water partition coefficient (Wildman–Crippen LogP) is 13.3. The zero-order valence-corrected chi connectivity index (χ0v) is 27.4. The van der Waals surface area contributed by atoms with Crippen molar-refractivity contribution in [3.8, 4) is 22.3 Å². The topological polar surface area (TPSA) is 16.4 Å². The summed E-state index contributed by atoms with van der Waals surface area (Å²) < 4.78 is 7.19. The van der Waals surface area contributed by atoms with Crippen molar-refractivity contribution < 1.29 is 4.42 Å². The van der Waals surface area contributed by atoms with Crippen LogP contribution in [0.3, 0.4) is 0 Å². The Bertz CT molecular complexity index is 2750. The number of anilines is 3. The number of para-hydroxylation sites is 2. The molecule has 2 nitrogen and oxygen atoms in total. The quantitative estimate of drug-likeness (QED) is 0.193. The van der Waals surface area contributed by atoms with Crippen LogP contribution >= 0.6 is 0 Å². The molecule has 0 amide bonds. The first kappa shape index (κ1) is 27.9. The lowest BCUT2D eigenvalue weighted by molar-refractivity contribution is 0.660. The maximum Gasteiger partial charge on any atom is 0.159 e. The zero-order chi connectivity index (χ0) is 32.7. The molecule has 0 fully saturated rings. The molecule has 0 atom stereocenters. The van der Waals surface area contributed by atoms with Crippen LogP contribution in [0.1, 0.15) is 25.0 Å². The SMILES string of the molecule is CC1(C)c2ccccc2-c2ccc(N(c3ccccc3)c3cccc4c3oc3c(-c5cccc6ccccc56)c5ccccc5cc34)cc21. The van der Waals surface area contributed by atoms with Gasteiger partial charge in [-0.05, 0) is 85.8 Å². The van der Waals surface area contributed by atoms with Crippen LogP contribution in [0, 0.1) is 0 Å². The molecule has 0 saturated carbocycles. The van der Waals surface area contributed by atoms with Gasteiger partial charge in [-0.25, -0.2) is 0 Å². The molecule has 0 unspecified atom stereocenters. The lowest BCUT2D eigenvalue weighted by atomic mass is 9.82. The fourth-order valence-corrected chi connectivity index (χ4v) is 8.30. The van der Waals surface area contributed by atoms with Crippen LogP contribution in [0.25, 0.3) is 65.7 Å².